The van der Waals surface area contributed by atoms with Gasteiger partial charge in [0.15, 0.2) is 17.5 Å². The maximum absolute atomic E-state index is 6.53. The number of aromatic nitrogens is 3. The van der Waals surface area contributed by atoms with Gasteiger partial charge in [0.1, 0.15) is 11.2 Å². The van der Waals surface area contributed by atoms with Gasteiger partial charge in [-0.25, -0.2) is 15.0 Å². The fraction of sp³-hybridized carbons (Fsp3) is 0. The quantitative estimate of drug-likeness (QED) is 0.168. The smallest absolute Gasteiger partial charge is 0.164 e. The zero-order valence-corrected chi connectivity index (χ0v) is 29.6. The van der Waals surface area contributed by atoms with E-state index in [9.17, 15) is 0 Å². The molecular weight excluding hydrogens is 671 g/mol. The molecule has 0 saturated heterocycles. The second kappa shape index (κ2) is 12.6. The van der Waals surface area contributed by atoms with E-state index in [-0.39, 0.29) is 0 Å². The van der Waals surface area contributed by atoms with Crippen molar-refractivity contribution in [1.82, 2.24) is 15.0 Å². The molecule has 11 aromatic rings. The van der Waals surface area contributed by atoms with Gasteiger partial charge >= 0.3 is 0 Å². The minimum absolute atomic E-state index is 0.584. The fourth-order valence-corrected chi connectivity index (χ4v) is 8.09. The summed E-state index contributed by atoms with van der Waals surface area (Å²) in [6, 6.07) is 65.7. The van der Waals surface area contributed by atoms with Crippen molar-refractivity contribution in [1.29, 1.82) is 0 Å². The molecule has 256 valence electrons. The van der Waals surface area contributed by atoms with E-state index < -0.39 is 0 Å². The van der Waals surface area contributed by atoms with Crippen LogP contribution in [0, 0.1) is 0 Å². The van der Waals surface area contributed by atoms with Crippen LogP contribution in [-0.2, 0) is 0 Å². The lowest BCUT2D eigenvalue weighted by molar-refractivity contribution is 0.669. The average molecular weight is 702 g/mol. The van der Waals surface area contributed by atoms with Crippen LogP contribution in [0.25, 0.3) is 111 Å². The lowest BCUT2D eigenvalue weighted by Gasteiger charge is -2.13. The summed E-state index contributed by atoms with van der Waals surface area (Å²) in [5, 5.41) is 9.19. The van der Waals surface area contributed by atoms with E-state index in [1.165, 1.54) is 21.7 Å². The Kier molecular flexibility index (Phi) is 7.14. The molecule has 0 saturated carbocycles. The van der Waals surface area contributed by atoms with Gasteiger partial charge in [-0.05, 0) is 78.8 Å². The predicted octanol–water partition coefficient (Wildman–Crippen LogP) is 13.6. The van der Waals surface area contributed by atoms with Gasteiger partial charge in [0, 0.05) is 27.5 Å². The zero-order chi connectivity index (χ0) is 36.3. The Balaban J connectivity index is 1.10. The van der Waals surface area contributed by atoms with Crippen LogP contribution in [0.2, 0.25) is 0 Å². The molecule has 0 bridgehead atoms. The first-order valence-electron chi connectivity index (χ1n) is 18.5. The maximum Gasteiger partial charge on any atom is 0.164 e. The molecule has 4 nitrogen and oxygen atoms in total. The number of nitrogens with zero attached hydrogens (tertiary/aromatic N) is 3. The second-order valence-electron chi connectivity index (χ2n) is 14.0. The van der Waals surface area contributed by atoms with Crippen molar-refractivity contribution >= 4 is 54.3 Å². The summed E-state index contributed by atoms with van der Waals surface area (Å²) in [5.41, 5.74) is 9.00. The normalized spacial score (nSPS) is 11.6. The summed E-state index contributed by atoms with van der Waals surface area (Å²) in [4.78, 5) is 15.6. The molecule has 0 radical (unpaired) electrons. The van der Waals surface area contributed by atoms with Crippen LogP contribution < -0.4 is 0 Å². The first-order chi connectivity index (χ1) is 27.2. The van der Waals surface area contributed by atoms with E-state index >= 15 is 0 Å². The van der Waals surface area contributed by atoms with Crippen LogP contribution in [0.15, 0.2) is 192 Å². The molecule has 0 unspecified atom stereocenters. The van der Waals surface area contributed by atoms with Gasteiger partial charge in [-0.2, -0.15) is 0 Å². The van der Waals surface area contributed by atoms with E-state index in [1.807, 2.05) is 12.1 Å². The first kappa shape index (κ1) is 31.1. The molecule has 0 aliphatic carbocycles. The standard InChI is InChI=1S/C51H31N3O/c1-2-12-33(13-3-1)41-22-11-23-46-48(41)44-29-28-37(31-47(44)55-46)50-52-49(35-26-24-34(25-27-35)39-21-10-16-32-14-4-6-17-38(32)39)53-51(54-50)45-30-36-15-5-7-18-40(36)42-19-8-9-20-43(42)45/h1-31H. The molecule has 11 rings (SSSR count). The van der Waals surface area contributed by atoms with Gasteiger partial charge in [-0.15, -0.1) is 0 Å². The van der Waals surface area contributed by atoms with E-state index in [1.54, 1.807) is 0 Å². The lowest BCUT2D eigenvalue weighted by atomic mass is 9.96. The average Bonchev–Trinajstić information content (AvgIpc) is 3.64. The number of rotatable bonds is 5. The molecule has 0 amide bonds. The van der Waals surface area contributed by atoms with Gasteiger partial charge in [-0.1, -0.05) is 164 Å². The first-order valence-corrected chi connectivity index (χ1v) is 18.5. The van der Waals surface area contributed by atoms with Crippen molar-refractivity contribution in [2.45, 2.75) is 0 Å². The largest absolute Gasteiger partial charge is 0.456 e. The highest BCUT2D eigenvalue weighted by molar-refractivity contribution is 6.14. The van der Waals surface area contributed by atoms with Crippen LogP contribution in [0.3, 0.4) is 0 Å². The third-order valence-electron chi connectivity index (χ3n) is 10.7. The van der Waals surface area contributed by atoms with Gasteiger partial charge in [0.2, 0.25) is 0 Å². The van der Waals surface area contributed by atoms with E-state index in [2.05, 4.69) is 176 Å². The van der Waals surface area contributed by atoms with Crippen LogP contribution in [-0.4, -0.2) is 15.0 Å². The summed E-state index contributed by atoms with van der Waals surface area (Å²) >= 11 is 0. The number of hydrogen-bond donors (Lipinski definition) is 0. The fourth-order valence-electron chi connectivity index (χ4n) is 8.09. The molecule has 0 fully saturated rings. The molecule has 2 heterocycles. The highest BCUT2D eigenvalue weighted by Gasteiger charge is 2.18. The van der Waals surface area contributed by atoms with Crippen LogP contribution >= 0.6 is 0 Å². The number of benzene rings is 9. The van der Waals surface area contributed by atoms with Crippen molar-refractivity contribution in [3.05, 3.63) is 188 Å². The second-order valence-corrected chi connectivity index (χ2v) is 14.0. The van der Waals surface area contributed by atoms with E-state index in [0.29, 0.717) is 17.5 Å². The van der Waals surface area contributed by atoms with Gasteiger partial charge < -0.3 is 4.42 Å². The molecule has 0 spiro atoms. The Hall–Kier alpha value is -7.43. The Morgan fingerprint density at radius 2 is 0.873 bits per heavy atom. The summed E-state index contributed by atoms with van der Waals surface area (Å²) in [7, 11) is 0. The van der Waals surface area contributed by atoms with E-state index in [0.717, 1.165) is 71.5 Å². The summed E-state index contributed by atoms with van der Waals surface area (Å²) in [6.07, 6.45) is 0. The highest BCUT2D eigenvalue weighted by Crippen LogP contribution is 2.39. The maximum atomic E-state index is 6.53. The van der Waals surface area contributed by atoms with Crippen molar-refractivity contribution in [2.75, 3.05) is 0 Å². The molecular formula is C51H31N3O. The van der Waals surface area contributed by atoms with Crippen LogP contribution in [0.4, 0.5) is 0 Å². The Labute approximate surface area is 317 Å². The zero-order valence-electron chi connectivity index (χ0n) is 29.6. The number of furan rings is 1. The summed E-state index contributed by atoms with van der Waals surface area (Å²) in [6.45, 7) is 0. The van der Waals surface area contributed by atoms with Gasteiger partial charge in [0.05, 0.1) is 0 Å². The molecule has 0 N–H and O–H groups in total. The minimum atomic E-state index is 0.584. The van der Waals surface area contributed by atoms with Crippen molar-refractivity contribution in [3.8, 4) is 56.4 Å². The van der Waals surface area contributed by atoms with Crippen molar-refractivity contribution in [3.63, 3.8) is 0 Å². The topological polar surface area (TPSA) is 51.8 Å². The molecule has 0 atom stereocenters. The van der Waals surface area contributed by atoms with Gasteiger partial charge in [0.25, 0.3) is 0 Å². The summed E-state index contributed by atoms with van der Waals surface area (Å²) < 4.78 is 6.53. The Morgan fingerprint density at radius 3 is 1.71 bits per heavy atom. The molecule has 9 aromatic carbocycles. The predicted molar refractivity (Wildman–Crippen MR) is 227 cm³/mol. The number of fused-ring (bicyclic) bond motifs is 7. The van der Waals surface area contributed by atoms with E-state index in [4.69, 9.17) is 19.4 Å². The monoisotopic (exact) mass is 701 g/mol. The summed E-state index contributed by atoms with van der Waals surface area (Å²) in [5.74, 6) is 1.81. The van der Waals surface area contributed by atoms with Gasteiger partial charge in [-0.3, -0.25) is 0 Å². The van der Waals surface area contributed by atoms with Crippen LogP contribution in [0.1, 0.15) is 0 Å². The Bertz CT molecular complexity index is 3250. The molecule has 2 aromatic heterocycles. The highest BCUT2D eigenvalue weighted by atomic mass is 16.3. The molecule has 0 aliphatic rings. The minimum Gasteiger partial charge on any atom is -0.456 e. The lowest BCUT2D eigenvalue weighted by Crippen LogP contribution is -2.01. The Morgan fingerprint density at radius 1 is 0.291 bits per heavy atom. The van der Waals surface area contributed by atoms with Crippen molar-refractivity contribution < 1.29 is 4.42 Å². The van der Waals surface area contributed by atoms with Crippen molar-refractivity contribution in [2.24, 2.45) is 0 Å². The number of hydrogen-bond acceptors (Lipinski definition) is 4. The molecule has 55 heavy (non-hydrogen) atoms. The third kappa shape index (κ3) is 5.26. The molecule has 0 aliphatic heterocycles. The SMILES string of the molecule is c1ccc(-c2cccc3oc4cc(-c5nc(-c6ccc(-c7cccc8ccccc78)cc6)nc(-c6cc7ccccc7c7ccccc67)n5)ccc4c23)cc1. The van der Waals surface area contributed by atoms with Crippen LogP contribution in [0.5, 0.6) is 0 Å². The third-order valence-corrected chi connectivity index (χ3v) is 10.7. The molecule has 4 heteroatoms.